The molecular formula is C24H34N2O2. The molecule has 1 N–H and O–H groups in total. The first-order valence-corrected chi connectivity index (χ1v) is 11.2. The van der Waals surface area contributed by atoms with Gasteiger partial charge in [-0.05, 0) is 74.5 Å². The van der Waals surface area contributed by atoms with Crippen LogP contribution in [0.2, 0.25) is 0 Å². The number of aryl methyl sites for hydroxylation is 1. The summed E-state index contributed by atoms with van der Waals surface area (Å²) >= 11 is 0. The van der Waals surface area contributed by atoms with Crippen LogP contribution < -0.4 is 5.32 Å². The van der Waals surface area contributed by atoms with Crippen molar-refractivity contribution in [3.05, 3.63) is 29.8 Å². The number of carbonyl (C=O) groups is 2. The summed E-state index contributed by atoms with van der Waals surface area (Å²) in [5, 5.41) is 3.00. The molecule has 4 rings (SSSR count). The highest BCUT2D eigenvalue weighted by Crippen LogP contribution is 2.62. The number of nitrogens with one attached hydrogen (secondary N) is 1. The molecule has 152 valence electrons. The Morgan fingerprint density at radius 3 is 2.61 bits per heavy atom. The fourth-order valence-corrected chi connectivity index (χ4v) is 5.45. The molecule has 2 saturated carbocycles. The molecule has 3 fully saturated rings. The van der Waals surface area contributed by atoms with Crippen molar-refractivity contribution in [2.24, 2.45) is 17.3 Å². The quantitative estimate of drug-likeness (QED) is 0.785. The van der Waals surface area contributed by atoms with Crippen LogP contribution in [-0.2, 0) is 9.59 Å². The van der Waals surface area contributed by atoms with Crippen LogP contribution in [0, 0.1) is 24.2 Å². The van der Waals surface area contributed by atoms with E-state index >= 15 is 0 Å². The molecule has 0 bridgehead atoms. The number of anilines is 1. The van der Waals surface area contributed by atoms with E-state index < -0.39 is 0 Å². The summed E-state index contributed by atoms with van der Waals surface area (Å²) in [6, 6.07) is 7.93. The van der Waals surface area contributed by atoms with Gasteiger partial charge in [-0.1, -0.05) is 31.4 Å². The van der Waals surface area contributed by atoms with E-state index in [2.05, 4.69) is 10.2 Å². The Labute approximate surface area is 169 Å². The van der Waals surface area contributed by atoms with Gasteiger partial charge in [-0.25, -0.2) is 0 Å². The van der Waals surface area contributed by atoms with Crippen LogP contribution in [-0.4, -0.2) is 29.8 Å². The molecule has 1 atom stereocenters. The first-order chi connectivity index (χ1) is 13.6. The van der Waals surface area contributed by atoms with E-state index in [-0.39, 0.29) is 5.91 Å². The van der Waals surface area contributed by atoms with Gasteiger partial charge in [0.15, 0.2) is 0 Å². The summed E-state index contributed by atoms with van der Waals surface area (Å²) in [5.74, 6) is 1.42. The van der Waals surface area contributed by atoms with E-state index in [0.29, 0.717) is 29.6 Å². The Hall–Kier alpha value is -1.84. The first-order valence-electron chi connectivity index (χ1n) is 11.2. The van der Waals surface area contributed by atoms with Gasteiger partial charge >= 0.3 is 0 Å². The summed E-state index contributed by atoms with van der Waals surface area (Å²) < 4.78 is 0. The highest BCUT2D eigenvalue weighted by atomic mass is 16.2. The number of benzene rings is 1. The van der Waals surface area contributed by atoms with Crippen molar-refractivity contribution in [3.8, 4) is 0 Å². The van der Waals surface area contributed by atoms with Crippen LogP contribution in [0.15, 0.2) is 24.3 Å². The maximum Gasteiger partial charge on any atom is 0.226 e. The van der Waals surface area contributed by atoms with Gasteiger partial charge in [-0.3, -0.25) is 9.59 Å². The highest BCUT2D eigenvalue weighted by molar-refractivity contribution is 5.90. The van der Waals surface area contributed by atoms with Crippen molar-refractivity contribution in [2.45, 2.75) is 71.1 Å². The Bertz CT molecular complexity index is 715. The van der Waals surface area contributed by atoms with Crippen molar-refractivity contribution in [1.82, 2.24) is 4.90 Å². The Morgan fingerprint density at radius 2 is 1.89 bits per heavy atom. The third-order valence-electron chi connectivity index (χ3n) is 7.34. The minimum atomic E-state index is 0.0985. The molecule has 2 aliphatic carbocycles. The second-order valence-corrected chi connectivity index (χ2v) is 9.40. The lowest BCUT2D eigenvalue weighted by atomic mass is 9.84. The van der Waals surface area contributed by atoms with Crippen LogP contribution >= 0.6 is 0 Å². The second-order valence-electron chi connectivity index (χ2n) is 9.40. The molecule has 0 aromatic heterocycles. The average Bonchev–Trinajstić information content (AvgIpc) is 3.39. The van der Waals surface area contributed by atoms with Crippen LogP contribution in [0.25, 0.3) is 0 Å². The van der Waals surface area contributed by atoms with E-state index in [1.165, 1.54) is 32.1 Å². The zero-order valence-corrected chi connectivity index (χ0v) is 17.2. The molecule has 1 aliphatic heterocycles. The van der Waals surface area contributed by atoms with E-state index in [1.54, 1.807) is 0 Å². The predicted molar refractivity (Wildman–Crippen MR) is 112 cm³/mol. The molecule has 4 nitrogen and oxygen atoms in total. The second kappa shape index (κ2) is 8.26. The molecule has 4 heteroatoms. The molecule has 0 radical (unpaired) electrons. The normalized spacial score (nSPS) is 24.2. The number of likely N-dealkylation sites (tertiary alicyclic amines) is 1. The van der Waals surface area contributed by atoms with Crippen LogP contribution in [0.3, 0.4) is 0 Å². The average molecular weight is 383 g/mol. The molecule has 28 heavy (non-hydrogen) atoms. The number of piperidine rings is 1. The van der Waals surface area contributed by atoms with Crippen molar-refractivity contribution < 1.29 is 9.59 Å². The van der Waals surface area contributed by atoms with Crippen molar-refractivity contribution in [2.75, 3.05) is 18.4 Å². The van der Waals surface area contributed by atoms with Crippen LogP contribution in [0.4, 0.5) is 5.69 Å². The predicted octanol–water partition coefficient (Wildman–Crippen LogP) is 4.92. The van der Waals surface area contributed by atoms with Crippen LogP contribution in [0.5, 0.6) is 0 Å². The summed E-state index contributed by atoms with van der Waals surface area (Å²) in [4.78, 5) is 27.3. The summed E-state index contributed by atoms with van der Waals surface area (Å²) in [6.07, 6.45) is 11.3. The Balaban J connectivity index is 1.17. The molecular weight excluding hydrogens is 348 g/mol. The third-order valence-corrected chi connectivity index (χ3v) is 7.34. The molecule has 1 spiro atoms. The first kappa shape index (κ1) is 19.5. The Morgan fingerprint density at radius 1 is 1.14 bits per heavy atom. The fraction of sp³-hybridized carbons (Fsp3) is 0.667. The molecule has 1 aromatic carbocycles. The van der Waals surface area contributed by atoms with E-state index in [9.17, 15) is 9.59 Å². The minimum Gasteiger partial charge on any atom is -0.342 e. The number of nitrogens with zero attached hydrogens (tertiary/aromatic N) is 1. The van der Waals surface area contributed by atoms with Gasteiger partial charge < -0.3 is 10.2 Å². The molecule has 2 amide bonds. The zero-order chi connectivity index (χ0) is 19.6. The third kappa shape index (κ3) is 4.42. The van der Waals surface area contributed by atoms with Crippen molar-refractivity contribution in [3.63, 3.8) is 0 Å². The number of amides is 2. The van der Waals surface area contributed by atoms with Gasteiger partial charge in [0, 0.05) is 31.1 Å². The number of hydrogen-bond donors (Lipinski definition) is 1. The lowest BCUT2D eigenvalue weighted by molar-refractivity contribution is -0.135. The summed E-state index contributed by atoms with van der Waals surface area (Å²) in [7, 11) is 0. The number of carbonyl (C=O) groups excluding carboxylic acids is 2. The zero-order valence-electron chi connectivity index (χ0n) is 17.2. The summed E-state index contributed by atoms with van der Waals surface area (Å²) in [6.45, 7) is 3.80. The van der Waals surface area contributed by atoms with Gasteiger partial charge in [0.25, 0.3) is 0 Å². The highest BCUT2D eigenvalue weighted by Gasteiger charge is 2.58. The molecule has 1 unspecified atom stereocenters. The number of hydrogen-bond acceptors (Lipinski definition) is 2. The van der Waals surface area contributed by atoms with Gasteiger partial charge in [-0.15, -0.1) is 0 Å². The van der Waals surface area contributed by atoms with E-state index in [1.807, 2.05) is 31.2 Å². The van der Waals surface area contributed by atoms with E-state index in [4.69, 9.17) is 0 Å². The lowest BCUT2D eigenvalue weighted by Gasteiger charge is -2.33. The van der Waals surface area contributed by atoms with Gasteiger partial charge in [0.05, 0.1) is 0 Å². The topological polar surface area (TPSA) is 49.4 Å². The molecule has 3 aliphatic rings. The molecule has 1 heterocycles. The standard InChI is InChI=1S/C24H34N2O2/c1-18-6-5-7-20(16-18)25-22(27)9-8-19-10-14-26(15-11-19)23(28)21-17-24(21)12-3-2-4-13-24/h5-7,16,19,21H,2-4,8-15,17H2,1H3,(H,25,27). The summed E-state index contributed by atoms with van der Waals surface area (Å²) in [5.41, 5.74) is 2.42. The van der Waals surface area contributed by atoms with Gasteiger partial charge in [0.2, 0.25) is 11.8 Å². The number of rotatable bonds is 5. The largest absolute Gasteiger partial charge is 0.342 e. The van der Waals surface area contributed by atoms with Gasteiger partial charge in [-0.2, -0.15) is 0 Å². The maximum atomic E-state index is 12.9. The van der Waals surface area contributed by atoms with Crippen molar-refractivity contribution >= 4 is 17.5 Å². The van der Waals surface area contributed by atoms with Gasteiger partial charge in [0.1, 0.15) is 0 Å². The van der Waals surface area contributed by atoms with Crippen LogP contribution in [0.1, 0.15) is 69.8 Å². The molecule has 1 aromatic rings. The Kier molecular flexibility index (Phi) is 5.75. The maximum absolute atomic E-state index is 12.9. The lowest BCUT2D eigenvalue weighted by Crippen LogP contribution is -2.40. The van der Waals surface area contributed by atoms with Crippen molar-refractivity contribution in [1.29, 1.82) is 0 Å². The minimum absolute atomic E-state index is 0.0985. The smallest absolute Gasteiger partial charge is 0.226 e. The SMILES string of the molecule is Cc1cccc(NC(=O)CCC2CCN(C(=O)C3CC34CCCCC4)CC2)c1. The molecule has 1 saturated heterocycles. The monoisotopic (exact) mass is 382 g/mol. The van der Waals surface area contributed by atoms with E-state index in [0.717, 1.165) is 50.0 Å². The fourth-order valence-electron chi connectivity index (χ4n) is 5.45.